The number of rotatable bonds is 8. The highest BCUT2D eigenvalue weighted by atomic mass is 35.5. The lowest BCUT2D eigenvalue weighted by atomic mass is 10.1. The molecule has 29 heavy (non-hydrogen) atoms. The van der Waals surface area contributed by atoms with Crippen LogP contribution in [-0.4, -0.2) is 48.1 Å². The molecule has 150 valence electrons. The number of benzene rings is 2. The summed E-state index contributed by atoms with van der Waals surface area (Å²) >= 11 is 7.52. The molecule has 3 rings (SSSR count). The zero-order valence-electron chi connectivity index (χ0n) is 15.7. The Hall–Kier alpha value is -2.53. The standard InChI is InChI=1S/C21H21ClN4O2S/c22-18-3-1-2-4-19(18)29-14-21(28)26(13-20(27)25-17-10-24-11-17)12-16-7-5-15(9-23)6-8-16/h1-8,17,24H,10-14H2,(H,25,27). The Morgan fingerprint density at radius 1 is 1.21 bits per heavy atom. The van der Waals surface area contributed by atoms with E-state index in [1.807, 2.05) is 18.2 Å². The van der Waals surface area contributed by atoms with Gasteiger partial charge in [0.15, 0.2) is 0 Å². The predicted octanol–water partition coefficient (Wildman–Crippen LogP) is 2.42. The number of amides is 2. The van der Waals surface area contributed by atoms with Gasteiger partial charge in [-0.25, -0.2) is 0 Å². The summed E-state index contributed by atoms with van der Waals surface area (Å²) in [4.78, 5) is 27.6. The molecule has 1 aliphatic rings. The van der Waals surface area contributed by atoms with Crippen molar-refractivity contribution in [3.8, 4) is 6.07 Å². The first kappa shape index (κ1) is 21.2. The summed E-state index contributed by atoms with van der Waals surface area (Å²) < 4.78 is 0. The van der Waals surface area contributed by atoms with E-state index < -0.39 is 0 Å². The third-order valence-electron chi connectivity index (χ3n) is 4.48. The molecule has 2 N–H and O–H groups in total. The fraction of sp³-hybridized carbons (Fsp3) is 0.286. The van der Waals surface area contributed by atoms with Crippen LogP contribution >= 0.6 is 23.4 Å². The Balaban J connectivity index is 1.66. The highest BCUT2D eigenvalue weighted by Crippen LogP contribution is 2.26. The highest BCUT2D eigenvalue weighted by molar-refractivity contribution is 8.00. The molecule has 0 saturated carbocycles. The van der Waals surface area contributed by atoms with Gasteiger partial charge in [0.2, 0.25) is 11.8 Å². The molecule has 0 unspecified atom stereocenters. The quantitative estimate of drug-likeness (QED) is 0.631. The second-order valence-electron chi connectivity index (χ2n) is 6.70. The molecular formula is C21H21ClN4O2S. The van der Waals surface area contributed by atoms with Crippen molar-refractivity contribution in [2.75, 3.05) is 25.4 Å². The van der Waals surface area contributed by atoms with Gasteiger partial charge in [0.25, 0.3) is 0 Å². The maximum Gasteiger partial charge on any atom is 0.239 e. The predicted molar refractivity (Wildman–Crippen MR) is 114 cm³/mol. The number of carbonyl (C=O) groups is 2. The van der Waals surface area contributed by atoms with Crippen LogP contribution in [0.25, 0.3) is 0 Å². The van der Waals surface area contributed by atoms with E-state index >= 15 is 0 Å². The van der Waals surface area contributed by atoms with Gasteiger partial charge in [0.05, 0.1) is 35.0 Å². The number of nitriles is 1. The van der Waals surface area contributed by atoms with Crippen LogP contribution in [0.4, 0.5) is 0 Å². The summed E-state index contributed by atoms with van der Waals surface area (Å²) in [5, 5.41) is 15.6. The van der Waals surface area contributed by atoms with Crippen LogP contribution < -0.4 is 10.6 Å². The number of nitrogens with zero attached hydrogens (tertiary/aromatic N) is 2. The lowest BCUT2D eigenvalue weighted by molar-refractivity contribution is -0.135. The van der Waals surface area contributed by atoms with Crippen LogP contribution in [0, 0.1) is 11.3 Å². The highest BCUT2D eigenvalue weighted by Gasteiger charge is 2.22. The number of hydrogen-bond acceptors (Lipinski definition) is 5. The van der Waals surface area contributed by atoms with Crippen LogP contribution in [0.3, 0.4) is 0 Å². The van der Waals surface area contributed by atoms with E-state index in [0.717, 1.165) is 23.5 Å². The van der Waals surface area contributed by atoms with Crippen LogP contribution in [-0.2, 0) is 16.1 Å². The van der Waals surface area contributed by atoms with E-state index in [-0.39, 0.29) is 30.2 Å². The maximum absolute atomic E-state index is 12.9. The van der Waals surface area contributed by atoms with Gasteiger partial charge in [-0.1, -0.05) is 35.9 Å². The van der Waals surface area contributed by atoms with Crippen LogP contribution in [0.15, 0.2) is 53.4 Å². The van der Waals surface area contributed by atoms with Gasteiger partial charge in [0.1, 0.15) is 0 Å². The van der Waals surface area contributed by atoms with Crippen molar-refractivity contribution in [2.24, 2.45) is 0 Å². The number of hydrogen-bond donors (Lipinski definition) is 2. The number of halogens is 1. The molecule has 1 heterocycles. The van der Waals surface area contributed by atoms with Crippen molar-refractivity contribution < 1.29 is 9.59 Å². The molecule has 0 bridgehead atoms. The molecule has 1 aliphatic heterocycles. The van der Waals surface area contributed by atoms with Crippen LogP contribution in [0.2, 0.25) is 5.02 Å². The minimum absolute atomic E-state index is 0.0155. The molecule has 0 aromatic heterocycles. The van der Waals surface area contributed by atoms with Gasteiger partial charge >= 0.3 is 0 Å². The van der Waals surface area contributed by atoms with Crippen LogP contribution in [0.5, 0.6) is 0 Å². The summed E-state index contributed by atoms with van der Waals surface area (Å²) in [6.07, 6.45) is 0. The van der Waals surface area contributed by atoms with Crippen molar-refractivity contribution >= 4 is 35.2 Å². The third-order valence-corrected chi connectivity index (χ3v) is 5.98. The fourth-order valence-corrected chi connectivity index (χ4v) is 3.91. The van der Waals surface area contributed by atoms with E-state index in [4.69, 9.17) is 16.9 Å². The van der Waals surface area contributed by atoms with E-state index in [1.54, 1.807) is 30.3 Å². The van der Waals surface area contributed by atoms with Crippen molar-refractivity contribution in [3.63, 3.8) is 0 Å². The fourth-order valence-electron chi connectivity index (χ4n) is 2.77. The van der Waals surface area contributed by atoms with Gasteiger partial charge in [-0.2, -0.15) is 5.26 Å². The van der Waals surface area contributed by atoms with E-state index in [0.29, 0.717) is 17.1 Å². The summed E-state index contributed by atoms with van der Waals surface area (Å²) in [5.74, 6) is -0.152. The van der Waals surface area contributed by atoms with Crippen LogP contribution in [0.1, 0.15) is 11.1 Å². The smallest absolute Gasteiger partial charge is 0.239 e. The molecule has 2 amide bonds. The van der Waals surface area contributed by atoms with E-state index in [9.17, 15) is 9.59 Å². The SMILES string of the molecule is N#Cc1ccc(CN(CC(=O)NC2CNC2)C(=O)CSc2ccccc2Cl)cc1. The molecule has 0 atom stereocenters. The first-order valence-electron chi connectivity index (χ1n) is 9.19. The molecule has 2 aromatic rings. The second kappa shape index (κ2) is 10.3. The van der Waals surface area contributed by atoms with Gasteiger partial charge in [-0.05, 0) is 29.8 Å². The topological polar surface area (TPSA) is 85.2 Å². The Kier molecular flexibility index (Phi) is 7.53. The number of nitrogens with one attached hydrogen (secondary N) is 2. The van der Waals surface area contributed by atoms with Gasteiger partial charge in [-0.3, -0.25) is 9.59 Å². The second-order valence-corrected chi connectivity index (χ2v) is 8.12. The normalized spacial score (nSPS) is 13.2. The molecule has 0 spiro atoms. The zero-order chi connectivity index (χ0) is 20.6. The molecule has 1 saturated heterocycles. The first-order chi connectivity index (χ1) is 14.0. The van der Waals surface area contributed by atoms with Crippen molar-refractivity contribution in [1.82, 2.24) is 15.5 Å². The Morgan fingerprint density at radius 3 is 2.55 bits per heavy atom. The molecular weight excluding hydrogens is 408 g/mol. The molecule has 0 aliphatic carbocycles. The largest absolute Gasteiger partial charge is 0.349 e. The van der Waals surface area contributed by atoms with E-state index in [2.05, 4.69) is 16.7 Å². The van der Waals surface area contributed by atoms with Gasteiger partial charge in [0, 0.05) is 24.5 Å². The molecule has 6 nitrogen and oxygen atoms in total. The minimum Gasteiger partial charge on any atom is -0.349 e. The van der Waals surface area contributed by atoms with Crippen molar-refractivity contribution in [3.05, 3.63) is 64.7 Å². The zero-order valence-corrected chi connectivity index (χ0v) is 17.3. The monoisotopic (exact) mass is 428 g/mol. The lowest BCUT2D eigenvalue weighted by Gasteiger charge is -2.29. The van der Waals surface area contributed by atoms with Gasteiger partial charge in [-0.15, -0.1) is 11.8 Å². The minimum atomic E-state index is -0.179. The average molecular weight is 429 g/mol. The average Bonchev–Trinajstić information content (AvgIpc) is 2.70. The summed E-state index contributed by atoms with van der Waals surface area (Å²) in [7, 11) is 0. The third kappa shape index (κ3) is 6.23. The molecule has 1 fully saturated rings. The summed E-state index contributed by atoms with van der Waals surface area (Å²) in [6.45, 7) is 1.78. The Morgan fingerprint density at radius 2 is 1.93 bits per heavy atom. The number of carbonyl (C=O) groups excluding carboxylic acids is 2. The first-order valence-corrected chi connectivity index (χ1v) is 10.6. The number of thioether (sulfide) groups is 1. The van der Waals surface area contributed by atoms with Crippen molar-refractivity contribution in [2.45, 2.75) is 17.5 Å². The molecule has 8 heteroatoms. The maximum atomic E-state index is 12.9. The van der Waals surface area contributed by atoms with E-state index in [1.165, 1.54) is 16.7 Å². The summed E-state index contributed by atoms with van der Waals surface area (Å²) in [6, 6.07) is 16.6. The molecule has 2 aromatic carbocycles. The van der Waals surface area contributed by atoms with Gasteiger partial charge < -0.3 is 15.5 Å². The summed E-state index contributed by atoms with van der Waals surface area (Å²) in [5.41, 5.74) is 1.41. The molecule has 0 radical (unpaired) electrons. The Labute approximate surface area is 179 Å². The van der Waals surface area contributed by atoms with Crippen molar-refractivity contribution in [1.29, 1.82) is 5.26 Å². The lowest BCUT2D eigenvalue weighted by Crippen LogP contribution is -2.58. The Bertz CT molecular complexity index is 910.